The van der Waals surface area contributed by atoms with E-state index in [4.69, 9.17) is 9.47 Å². The van der Waals surface area contributed by atoms with Gasteiger partial charge in [0.15, 0.2) is 5.60 Å². The Morgan fingerprint density at radius 3 is 1.96 bits per heavy atom. The molecule has 26 heavy (non-hydrogen) atoms. The van der Waals surface area contributed by atoms with E-state index in [-0.39, 0.29) is 31.6 Å². The van der Waals surface area contributed by atoms with Crippen LogP contribution in [0.5, 0.6) is 23.0 Å². The van der Waals surface area contributed by atoms with E-state index in [0.29, 0.717) is 33.8 Å². The third-order valence-corrected chi connectivity index (χ3v) is 4.68. The van der Waals surface area contributed by atoms with Crippen LogP contribution >= 0.6 is 0 Å². The number of aromatic hydroxyl groups is 2. The molecule has 2 heterocycles. The summed E-state index contributed by atoms with van der Waals surface area (Å²) in [7, 11) is 0. The van der Waals surface area contributed by atoms with Crippen molar-refractivity contribution in [1.82, 2.24) is 0 Å². The smallest absolute Gasteiger partial charge is 0.340 e. The van der Waals surface area contributed by atoms with E-state index in [9.17, 15) is 15.0 Å². The fourth-order valence-corrected chi connectivity index (χ4v) is 3.65. The van der Waals surface area contributed by atoms with Crippen molar-refractivity contribution >= 4 is 5.97 Å². The number of phenols is 2. The van der Waals surface area contributed by atoms with Gasteiger partial charge in [-0.15, -0.1) is 0 Å². The van der Waals surface area contributed by atoms with Crippen LogP contribution in [0.3, 0.4) is 0 Å². The molecule has 2 aliphatic rings. The molecule has 0 unspecified atom stereocenters. The molecule has 0 aliphatic carbocycles. The molecule has 2 aliphatic heterocycles. The zero-order valence-electron chi connectivity index (χ0n) is 13.2. The summed E-state index contributed by atoms with van der Waals surface area (Å²) in [5.41, 5.74) is 1.28. The first-order valence-electron chi connectivity index (χ1n) is 7.77. The molecule has 0 saturated carbocycles. The van der Waals surface area contributed by atoms with Gasteiger partial charge in [0.1, 0.15) is 23.0 Å². The number of carbonyl (C=O) groups excluding carboxylic acids is 1. The third-order valence-electron chi connectivity index (χ3n) is 4.68. The van der Waals surface area contributed by atoms with Crippen LogP contribution in [-0.4, -0.2) is 16.2 Å². The number of carbonyl (C=O) groups is 1. The average Bonchev–Trinajstić information content (AvgIpc) is 2.88. The quantitative estimate of drug-likeness (QED) is 0.439. The molecule has 1 radical (unpaired) electrons. The van der Waals surface area contributed by atoms with Gasteiger partial charge in [-0.1, -0.05) is 18.2 Å². The van der Waals surface area contributed by atoms with Gasteiger partial charge in [-0.2, -0.15) is 0 Å². The summed E-state index contributed by atoms with van der Waals surface area (Å²) in [5.74, 6) is 0.408. The van der Waals surface area contributed by atoms with Gasteiger partial charge in [0.2, 0.25) is 0 Å². The van der Waals surface area contributed by atoms with E-state index in [0.717, 1.165) is 0 Å². The first kappa shape index (κ1) is 16.6. The van der Waals surface area contributed by atoms with Crippen LogP contribution in [0.15, 0.2) is 60.7 Å². The van der Waals surface area contributed by atoms with Gasteiger partial charge in [-0.3, -0.25) is 0 Å². The molecule has 5 rings (SSSR count). The number of fused-ring (bicyclic) bond motifs is 6. The van der Waals surface area contributed by atoms with E-state index in [1.54, 1.807) is 24.3 Å². The van der Waals surface area contributed by atoms with Crippen LogP contribution in [0.25, 0.3) is 0 Å². The number of hydrogen-bond acceptors (Lipinski definition) is 5. The van der Waals surface area contributed by atoms with Crippen molar-refractivity contribution in [3.05, 3.63) is 82.9 Å². The van der Waals surface area contributed by atoms with Gasteiger partial charge in [-0.05, 0) is 30.3 Å². The molecule has 2 N–H and O–H groups in total. The predicted octanol–water partition coefficient (Wildman–Crippen LogP) is 3.66. The Labute approximate surface area is 162 Å². The van der Waals surface area contributed by atoms with Crippen molar-refractivity contribution in [2.75, 3.05) is 0 Å². The van der Waals surface area contributed by atoms with Gasteiger partial charge < -0.3 is 19.7 Å². The van der Waals surface area contributed by atoms with Crippen molar-refractivity contribution in [2.45, 2.75) is 5.60 Å². The Morgan fingerprint density at radius 2 is 1.35 bits per heavy atom. The molecule has 0 amide bonds. The second kappa shape index (κ2) is 5.59. The van der Waals surface area contributed by atoms with Gasteiger partial charge in [0.05, 0.1) is 5.56 Å². The third kappa shape index (κ3) is 2.03. The minimum atomic E-state index is -1.17. The van der Waals surface area contributed by atoms with Gasteiger partial charge >= 0.3 is 5.97 Å². The number of benzene rings is 3. The van der Waals surface area contributed by atoms with Crippen LogP contribution in [0.4, 0.5) is 0 Å². The second-order valence-corrected chi connectivity index (χ2v) is 6.08. The second-order valence-electron chi connectivity index (χ2n) is 6.08. The Balaban J connectivity index is 0.00000168. The van der Waals surface area contributed by atoms with Crippen molar-refractivity contribution < 1.29 is 44.6 Å². The van der Waals surface area contributed by atoms with Gasteiger partial charge in [0, 0.05) is 48.9 Å². The molecule has 0 bridgehead atoms. The summed E-state index contributed by atoms with van der Waals surface area (Å²) in [6.45, 7) is 0. The van der Waals surface area contributed by atoms with Crippen LogP contribution < -0.4 is 4.74 Å². The fraction of sp³-hybridized carbons (Fsp3) is 0.0500. The normalized spacial score (nSPS) is 15.2. The molecule has 3 aromatic carbocycles. The van der Waals surface area contributed by atoms with E-state index < -0.39 is 11.6 Å². The summed E-state index contributed by atoms with van der Waals surface area (Å²) in [4.78, 5) is 12.5. The number of esters is 1. The first-order chi connectivity index (χ1) is 12.1. The summed E-state index contributed by atoms with van der Waals surface area (Å²) < 4.78 is 11.8. The Morgan fingerprint density at radius 1 is 0.769 bits per heavy atom. The molecule has 0 saturated heterocycles. The van der Waals surface area contributed by atoms with E-state index in [1.807, 2.05) is 12.1 Å². The van der Waals surface area contributed by atoms with Crippen molar-refractivity contribution in [3.8, 4) is 23.0 Å². The van der Waals surface area contributed by atoms with Gasteiger partial charge in [-0.25, -0.2) is 4.79 Å². The fourth-order valence-electron chi connectivity index (χ4n) is 3.65. The van der Waals surface area contributed by atoms with E-state index in [1.165, 1.54) is 24.3 Å². The average molecular weight is 525 g/mol. The Kier molecular flexibility index (Phi) is 3.58. The standard InChI is InChI=1S/C20H12O5.Ir/c21-11-5-7-15-17(9-11)24-18-10-12(22)6-8-16(18)20(15)14-4-2-1-3-13(14)19(23)25-20;/h1-10,21-22H;. The van der Waals surface area contributed by atoms with Crippen molar-refractivity contribution in [2.24, 2.45) is 0 Å². The minimum absolute atomic E-state index is 0. The summed E-state index contributed by atoms with van der Waals surface area (Å²) in [6.07, 6.45) is 0. The maximum Gasteiger partial charge on any atom is 0.340 e. The SMILES string of the molecule is O=C1OC2(c3ccc(O)cc3Oc3cc(O)ccc32)c2ccccc21.[Ir]. The molecule has 3 aromatic rings. The van der Waals surface area contributed by atoms with Crippen LogP contribution in [0, 0.1) is 0 Å². The Hall–Kier alpha value is -2.82. The number of ether oxygens (including phenoxy) is 2. The first-order valence-corrected chi connectivity index (χ1v) is 7.77. The molecule has 0 fully saturated rings. The number of phenolic OH excluding ortho intramolecular Hbond substituents is 2. The van der Waals surface area contributed by atoms with Crippen LogP contribution in [0.2, 0.25) is 0 Å². The molecule has 1 spiro atoms. The van der Waals surface area contributed by atoms with E-state index >= 15 is 0 Å². The minimum Gasteiger partial charge on any atom is -0.508 e. The molecule has 6 heteroatoms. The summed E-state index contributed by atoms with van der Waals surface area (Å²) in [6, 6.07) is 16.6. The van der Waals surface area contributed by atoms with E-state index in [2.05, 4.69) is 0 Å². The molecular formula is C20H12IrO5. The zero-order chi connectivity index (χ0) is 17.2. The summed E-state index contributed by atoms with van der Waals surface area (Å²) in [5, 5.41) is 19.7. The topological polar surface area (TPSA) is 76.0 Å². The van der Waals surface area contributed by atoms with Gasteiger partial charge in [0.25, 0.3) is 0 Å². The predicted molar refractivity (Wildman–Crippen MR) is 88.0 cm³/mol. The molecule has 5 nitrogen and oxygen atoms in total. The molecule has 131 valence electrons. The number of rotatable bonds is 0. The Bertz CT molecular complexity index is 1010. The molecular weight excluding hydrogens is 512 g/mol. The van der Waals surface area contributed by atoms with Crippen molar-refractivity contribution in [1.29, 1.82) is 0 Å². The molecule has 0 atom stereocenters. The molecule has 0 aromatic heterocycles. The summed E-state index contributed by atoms with van der Waals surface area (Å²) >= 11 is 0. The largest absolute Gasteiger partial charge is 0.508 e. The maximum absolute atomic E-state index is 12.5. The van der Waals surface area contributed by atoms with Crippen LogP contribution in [-0.2, 0) is 30.4 Å². The zero-order valence-corrected chi connectivity index (χ0v) is 15.6. The maximum atomic E-state index is 12.5. The monoisotopic (exact) mass is 525 g/mol. The van der Waals surface area contributed by atoms with Crippen molar-refractivity contribution in [3.63, 3.8) is 0 Å². The number of hydrogen-bond donors (Lipinski definition) is 2. The van der Waals surface area contributed by atoms with Crippen LogP contribution in [0.1, 0.15) is 27.0 Å².